The first-order chi connectivity index (χ1) is 9.74. The first-order valence-corrected chi connectivity index (χ1v) is 7.10. The number of aliphatic hydroxyl groups is 1. The molecule has 0 amide bonds. The van der Waals surface area contributed by atoms with E-state index in [1.807, 2.05) is 12.1 Å². The molecule has 0 bridgehead atoms. The molecule has 1 saturated carbocycles. The Morgan fingerprint density at radius 3 is 2.50 bits per heavy atom. The largest absolute Gasteiger partial charge is 0.387 e. The molecule has 20 heavy (non-hydrogen) atoms. The lowest BCUT2D eigenvalue weighted by atomic mass is 10.1. The van der Waals surface area contributed by atoms with Crippen LogP contribution in [0.5, 0.6) is 0 Å². The van der Waals surface area contributed by atoms with E-state index in [2.05, 4.69) is 16.9 Å². The highest BCUT2D eigenvalue weighted by atomic mass is 16.3. The van der Waals surface area contributed by atoms with Crippen molar-refractivity contribution in [3.05, 3.63) is 35.4 Å². The molecule has 0 radical (unpaired) electrons. The summed E-state index contributed by atoms with van der Waals surface area (Å²) < 4.78 is 0. The van der Waals surface area contributed by atoms with Crippen molar-refractivity contribution in [2.24, 2.45) is 0 Å². The van der Waals surface area contributed by atoms with Crippen LogP contribution >= 0.6 is 0 Å². The van der Waals surface area contributed by atoms with Crippen LogP contribution in [0.4, 0.5) is 0 Å². The Labute approximate surface area is 120 Å². The maximum Gasteiger partial charge on any atom is 0.0991 e. The van der Waals surface area contributed by atoms with Gasteiger partial charge in [0.25, 0.3) is 0 Å². The van der Waals surface area contributed by atoms with Crippen molar-refractivity contribution in [2.45, 2.75) is 37.8 Å². The number of hydrogen-bond donors (Lipinski definition) is 1. The SMILES string of the molecule is C#CCN(CC(O)c1ccc(C#N)cc1)C1CCCC1. The maximum atomic E-state index is 10.3. The summed E-state index contributed by atoms with van der Waals surface area (Å²) >= 11 is 0. The summed E-state index contributed by atoms with van der Waals surface area (Å²) in [6, 6.07) is 9.67. The quantitative estimate of drug-likeness (QED) is 0.835. The van der Waals surface area contributed by atoms with Gasteiger partial charge in [0.1, 0.15) is 0 Å². The Balaban J connectivity index is 2.01. The minimum Gasteiger partial charge on any atom is -0.387 e. The van der Waals surface area contributed by atoms with Crippen molar-refractivity contribution < 1.29 is 5.11 Å². The van der Waals surface area contributed by atoms with Gasteiger partial charge >= 0.3 is 0 Å². The molecule has 1 fully saturated rings. The van der Waals surface area contributed by atoms with E-state index < -0.39 is 6.10 Å². The highest BCUT2D eigenvalue weighted by Crippen LogP contribution is 2.25. The fourth-order valence-electron chi connectivity index (χ4n) is 2.84. The lowest BCUT2D eigenvalue weighted by Gasteiger charge is -2.29. The molecule has 0 saturated heterocycles. The molecule has 1 unspecified atom stereocenters. The van der Waals surface area contributed by atoms with Gasteiger partial charge in [0.2, 0.25) is 0 Å². The van der Waals surface area contributed by atoms with Gasteiger partial charge in [0, 0.05) is 12.6 Å². The van der Waals surface area contributed by atoms with Crippen LogP contribution in [-0.2, 0) is 0 Å². The summed E-state index contributed by atoms with van der Waals surface area (Å²) in [4.78, 5) is 2.20. The van der Waals surface area contributed by atoms with E-state index in [1.165, 1.54) is 25.7 Å². The first kappa shape index (κ1) is 14.6. The van der Waals surface area contributed by atoms with E-state index in [4.69, 9.17) is 11.7 Å². The Bertz CT molecular complexity index is 503. The van der Waals surface area contributed by atoms with Gasteiger partial charge in [-0.15, -0.1) is 6.42 Å². The lowest BCUT2D eigenvalue weighted by molar-refractivity contribution is 0.0970. The van der Waals surface area contributed by atoms with Crippen LogP contribution in [0, 0.1) is 23.7 Å². The Morgan fingerprint density at radius 2 is 1.95 bits per heavy atom. The average molecular weight is 268 g/mol. The molecule has 3 heteroatoms. The van der Waals surface area contributed by atoms with Gasteiger partial charge in [0.15, 0.2) is 0 Å². The van der Waals surface area contributed by atoms with Gasteiger partial charge in [0.05, 0.1) is 24.3 Å². The van der Waals surface area contributed by atoms with Crippen LogP contribution in [0.3, 0.4) is 0 Å². The molecule has 1 atom stereocenters. The van der Waals surface area contributed by atoms with Gasteiger partial charge in [-0.25, -0.2) is 0 Å². The van der Waals surface area contributed by atoms with Crippen LogP contribution in [0.1, 0.15) is 42.9 Å². The van der Waals surface area contributed by atoms with Crippen molar-refractivity contribution in [1.29, 1.82) is 5.26 Å². The summed E-state index contributed by atoms with van der Waals surface area (Å²) in [7, 11) is 0. The standard InChI is InChI=1S/C17H20N2O/c1-2-11-19(16-5-3-4-6-16)13-17(20)15-9-7-14(12-18)8-10-15/h1,7-10,16-17,20H,3-6,11,13H2. The second kappa shape index (κ2) is 7.10. The summed E-state index contributed by atoms with van der Waals surface area (Å²) in [5.74, 6) is 2.69. The Kier molecular flexibility index (Phi) is 5.18. The summed E-state index contributed by atoms with van der Waals surface area (Å²) in [6.07, 6.45) is 9.72. The predicted octanol–water partition coefficient (Wildman–Crippen LogP) is 2.47. The predicted molar refractivity (Wildman–Crippen MR) is 78.8 cm³/mol. The third kappa shape index (κ3) is 3.61. The van der Waals surface area contributed by atoms with E-state index in [0.717, 1.165) is 5.56 Å². The third-order valence-corrected chi connectivity index (χ3v) is 3.97. The van der Waals surface area contributed by atoms with Crippen molar-refractivity contribution in [3.8, 4) is 18.4 Å². The molecule has 0 aliphatic heterocycles. The van der Waals surface area contributed by atoms with E-state index in [0.29, 0.717) is 24.7 Å². The zero-order chi connectivity index (χ0) is 14.4. The second-order valence-corrected chi connectivity index (χ2v) is 5.32. The van der Waals surface area contributed by atoms with Gasteiger partial charge < -0.3 is 5.11 Å². The molecule has 1 N–H and O–H groups in total. The zero-order valence-electron chi connectivity index (χ0n) is 11.6. The van der Waals surface area contributed by atoms with E-state index in [-0.39, 0.29) is 0 Å². The molecule has 3 nitrogen and oxygen atoms in total. The fraction of sp³-hybridized carbons (Fsp3) is 0.471. The number of nitrogens with zero attached hydrogens (tertiary/aromatic N) is 2. The van der Waals surface area contributed by atoms with Crippen molar-refractivity contribution in [1.82, 2.24) is 4.90 Å². The Morgan fingerprint density at radius 1 is 1.30 bits per heavy atom. The topological polar surface area (TPSA) is 47.3 Å². The third-order valence-electron chi connectivity index (χ3n) is 3.97. The second-order valence-electron chi connectivity index (χ2n) is 5.32. The number of nitriles is 1. The minimum atomic E-state index is -0.559. The highest BCUT2D eigenvalue weighted by molar-refractivity contribution is 5.32. The summed E-state index contributed by atoms with van der Waals surface area (Å²) in [5.41, 5.74) is 1.45. The zero-order valence-corrected chi connectivity index (χ0v) is 11.6. The molecule has 2 rings (SSSR count). The van der Waals surface area contributed by atoms with Crippen molar-refractivity contribution >= 4 is 0 Å². The molecule has 0 heterocycles. The number of aliphatic hydroxyl groups excluding tert-OH is 1. The van der Waals surface area contributed by atoms with Crippen LogP contribution in [0.15, 0.2) is 24.3 Å². The molecular formula is C17H20N2O. The van der Waals surface area contributed by atoms with Crippen molar-refractivity contribution in [2.75, 3.05) is 13.1 Å². The van der Waals surface area contributed by atoms with Gasteiger partial charge in [-0.2, -0.15) is 5.26 Å². The molecule has 1 aromatic rings. The van der Waals surface area contributed by atoms with E-state index in [9.17, 15) is 5.11 Å². The molecule has 0 aromatic heterocycles. The molecule has 104 valence electrons. The summed E-state index contributed by atoms with van der Waals surface area (Å²) in [6.45, 7) is 1.14. The van der Waals surface area contributed by atoms with Crippen LogP contribution in [-0.4, -0.2) is 29.1 Å². The van der Waals surface area contributed by atoms with Crippen LogP contribution in [0.2, 0.25) is 0 Å². The number of terminal acetylenes is 1. The monoisotopic (exact) mass is 268 g/mol. The Hall–Kier alpha value is -1.81. The first-order valence-electron chi connectivity index (χ1n) is 7.10. The number of hydrogen-bond acceptors (Lipinski definition) is 3. The molecular weight excluding hydrogens is 248 g/mol. The fourth-order valence-corrected chi connectivity index (χ4v) is 2.84. The van der Waals surface area contributed by atoms with Crippen molar-refractivity contribution in [3.63, 3.8) is 0 Å². The molecule has 0 spiro atoms. The van der Waals surface area contributed by atoms with Crippen LogP contribution in [0.25, 0.3) is 0 Å². The lowest BCUT2D eigenvalue weighted by Crippen LogP contribution is -2.37. The number of rotatable bonds is 5. The number of benzene rings is 1. The molecule has 1 aliphatic carbocycles. The van der Waals surface area contributed by atoms with Gasteiger partial charge in [-0.3, -0.25) is 4.90 Å². The minimum absolute atomic E-state index is 0.499. The van der Waals surface area contributed by atoms with Crippen LogP contribution < -0.4 is 0 Å². The highest BCUT2D eigenvalue weighted by Gasteiger charge is 2.24. The normalized spacial score (nSPS) is 16.8. The molecule has 1 aliphatic rings. The van der Waals surface area contributed by atoms with Gasteiger partial charge in [-0.05, 0) is 30.5 Å². The molecule has 1 aromatic carbocycles. The average Bonchev–Trinajstić information content (AvgIpc) is 3.01. The maximum absolute atomic E-state index is 10.3. The summed E-state index contributed by atoms with van der Waals surface area (Å²) in [5, 5.41) is 19.1. The van der Waals surface area contributed by atoms with E-state index in [1.54, 1.807) is 12.1 Å². The van der Waals surface area contributed by atoms with E-state index >= 15 is 0 Å². The smallest absolute Gasteiger partial charge is 0.0991 e. The van der Waals surface area contributed by atoms with Gasteiger partial charge in [-0.1, -0.05) is 30.9 Å².